The molecule has 0 saturated carbocycles. The van der Waals surface area contributed by atoms with Gasteiger partial charge in [-0.15, -0.1) is 0 Å². The second kappa shape index (κ2) is 8.38. The summed E-state index contributed by atoms with van der Waals surface area (Å²) in [4.78, 5) is 6.70. The summed E-state index contributed by atoms with van der Waals surface area (Å²) in [6.45, 7) is 10.3. The number of pyridine rings is 1. The Labute approximate surface area is 177 Å². The summed E-state index contributed by atoms with van der Waals surface area (Å²) < 4.78 is 0. The lowest BCUT2D eigenvalue weighted by atomic mass is 9.94. The summed E-state index contributed by atoms with van der Waals surface area (Å²) in [6.07, 6.45) is 2.13. The minimum atomic E-state index is 0.183. The molecular formula is C24H24Cl2N2. The van der Waals surface area contributed by atoms with Crippen LogP contribution in [-0.2, 0) is 0 Å². The van der Waals surface area contributed by atoms with Crippen molar-refractivity contribution in [1.29, 1.82) is 0 Å². The van der Waals surface area contributed by atoms with Crippen molar-refractivity contribution in [3.63, 3.8) is 0 Å². The molecule has 1 heterocycles. The largest absolute Gasteiger partial charge is 0.352 e. The second-order valence-corrected chi connectivity index (χ2v) is 7.70. The highest BCUT2D eigenvalue weighted by Crippen LogP contribution is 2.39. The maximum atomic E-state index is 6.82. The minimum absolute atomic E-state index is 0.183. The molecule has 1 atom stereocenters. The first-order chi connectivity index (χ1) is 13.3. The van der Waals surface area contributed by atoms with Crippen LogP contribution >= 0.6 is 23.2 Å². The molecule has 0 bridgehead atoms. The Bertz CT molecular complexity index is 1060. The van der Waals surface area contributed by atoms with Crippen molar-refractivity contribution in [1.82, 2.24) is 9.88 Å². The summed E-state index contributed by atoms with van der Waals surface area (Å²) >= 11 is 13.3. The fourth-order valence-electron chi connectivity index (χ4n) is 3.46. The molecule has 0 saturated heterocycles. The molecule has 0 aliphatic heterocycles. The Morgan fingerprint density at radius 2 is 1.82 bits per heavy atom. The van der Waals surface area contributed by atoms with E-state index in [-0.39, 0.29) is 5.92 Å². The van der Waals surface area contributed by atoms with Crippen LogP contribution in [0.2, 0.25) is 10.2 Å². The van der Waals surface area contributed by atoms with E-state index < -0.39 is 0 Å². The van der Waals surface area contributed by atoms with Gasteiger partial charge < -0.3 is 4.90 Å². The van der Waals surface area contributed by atoms with Crippen LogP contribution in [0.5, 0.6) is 0 Å². The smallest absolute Gasteiger partial charge is 0.139 e. The number of likely N-dealkylation sites (N-methyl/N-ethyl adjacent to an activating group) is 1. The predicted molar refractivity (Wildman–Crippen MR) is 122 cm³/mol. The topological polar surface area (TPSA) is 16.1 Å². The minimum Gasteiger partial charge on any atom is -0.352 e. The third-order valence-corrected chi connectivity index (χ3v) is 5.83. The van der Waals surface area contributed by atoms with Crippen molar-refractivity contribution < 1.29 is 0 Å². The number of aromatic nitrogens is 1. The first-order valence-electron chi connectivity index (χ1n) is 9.24. The fraction of sp³-hybridized carbons (Fsp3) is 0.208. The van der Waals surface area contributed by atoms with Crippen LogP contribution in [0, 0.1) is 0 Å². The highest BCUT2D eigenvalue weighted by Gasteiger charge is 2.19. The number of fused-ring (bicyclic) bond motifs is 1. The van der Waals surface area contributed by atoms with E-state index in [1.54, 1.807) is 0 Å². The van der Waals surface area contributed by atoms with Crippen LogP contribution in [-0.4, -0.2) is 16.9 Å². The molecule has 0 aliphatic carbocycles. The molecule has 1 unspecified atom stereocenters. The van der Waals surface area contributed by atoms with E-state index in [2.05, 4.69) is 41.6 Å². The molecule has 144 valence electrons. The molecule has 3 rings (SSSR count). The highest BCUT2D eigenvalue weighted by molar-refractivity contribution is 6.42. The van der Waals surface area contributed by atoms with E-state index in [4.69, 9.17) is 23.2 Å². The Balaban J connectivity index is 2.14. The van der Waals surface area contributed by atoms with E-state index in [9.17, 15) is 0 Å². The Morgan fingerprint density at radius 1 is 1.14 bits per heavy atom. The Kier molecular flexibility index (Phi) is 6.12. The van der Waals surface area contributed by atoms with Gasteiger partial charge in [-0.2, -0.15) is 0 Å². The maximum Gasteiger partial charge on any atom is 0.139 e. The lowest BCUT2D eigenvalue weighted by molar-refractivity contribution is 0.481. The van der Waals surface area contributed by atoms with Crippen LogP contribution in [0.3, 0.4) is 0 Å². The van der Waals surface area contributed by atoms with E-state index in [0.717, 1.165) is 27.7 Å². The molecule has 4 heteroatoms. The molecule has 0 aliphatic rings. The zero-order valence-electron chi connectivity index (χ0n) is 16.6. The molecule has 3 aromatic rings. The van der Waals surface area contributed by atoms with E-state index >= 15 is 0 Å². The van der Waals surface area contributed by atoms with Gasteiger partial charge in [0.25, 0.3) is 0 Å². The number of nitrogens with zero attached hydrogens (tertiary/aromatic N) is 2. The third kappa shape index (κ3) is 3.80. The molecule has 1 aromatic heterocycles. The summed E-state index contributed by atoms with van der Waals surface area (Å²) in [6, 6.07) is 16.1. The molecule has 0 fully saturated rings. The number of allylic oxidation sites excluding steroid dienone is 3. The number of hydrogen-bond donors (Lipinski definition) is 0. The second-order valence-electron chi connectivity index (χ2n) is 6.96. The lowest BCUT2D eigenvalue weighted by Crippen LogP contribution is -2.19. The van der Waals surface area contributed by atoms with Crippen LogP contribution in [0.4, 0.5) is 0 Å². The Hall–Kier alpha value is -2.29. The first kappa shape index (κ1) is 20.4. The van der Waals surface area contributed by atoms with E-state index in [1.165, 1.54) is 11.3 Å². The van der Waals surface area contributed by atoms with Crippen LogP contribution in [0.1, 0.15) is 32.3 Å². The summed E-state index contributed by atoms with van der Waals surface area (Å²) in [7, 11) is 2.04. The first-order valence-corrected chi connectivity index (χ1v) is 10.00. The van der Waals surface area contributed by atoms with Gasteiger partial charge in [-0.05, 0) is 37.1 Å². The molecule has 0 amide bonds. The fourth-order valence-corrected chi connectivity index (χ4v) is 4.15. The van der Waals surface area contributed by atoms with Gasteiger partial charge >= 0.3 is 0 Å². The molecule has 2 aromatic carbocycles. The molecule has 0 radical (unpaired) electrons. The van der Waals surface area contributed by atoms with Crippen molar-refractivity contribution in [3.05, 3.63) is 88.3 Å². The number of benzene rings is 2. The number of halogens is 2. The van der Waals surface area contributed by atoms with Crippen molar-refractivity contribution >= 4 is 34.1 Å². The van der Waals surface area contributed by atoms with E-state index in [1.807, 2.05) is 57.3 Å². The van der Waals surface area contributed by atoms with E-state index in [0.29, 0.717) is 10.2 Å². The van der Waals surface area contributed by atoms with Gasteiger partial charge in [0.2, 0.25) is 0 Å². The zero-order valence-corrected chi connectivity index (χ0v) is 18.1. The maximum absolute atomic E-state index is 6.82. The molecule has 0 spiro atoms. The third-order valence-electron chi connectivity index (χ3n) is 5.16. The van der Waals surface area contributed by atoms with Gasteiger partial charge in [-0.1, -0.05) is 79.2 Å². The zero-order chi connectivity index (χ0) is 20.4. The quantitative estimate of drug-likeness (QED) is 0.400. The van der Waals surface area contributed by atoms with Gasteiger partial charge in [0.1, 0.15) is 5.15 Å². The normalized spacial score (nSPS) is 12.9. The summed E-state index contributed by atoms with van der Waals surface area (Å²) in [5.74, 6) is 0.183. The average molecular weight is 411 g/mol. The van der Waals surface area contributed by atoms with Gasteiger partial charge in [0.05, 0.1) is 10.5 Å². The molecule has 28 heavy (non-hydrogen) atoms. The lowest BCUT2D eigenvalue weighted by Gasteiger charge is -2.28. The van der Waals surface area contributed by atoms with Crippen molar-refractivity contribution in [2.75, 3.05) is 7.05 Å². The monoisotopic (exact) mass is 410 g/mol. The highest BCUT2D eigenvalue weighted by atomic mass is 35.5. The van der Waals surface area contributed by atoms with Gasteiger partial charge in [0.15, 0.2) is 0 Å². The molecule has 2 nitrogen and oxygen atoms in total. The molecular weight excluding hydrogens is 387 g/mol. The predicted octanol–water partition coefficient (Wildman–Crippen LogP) is 7.68. The van der Waals surface area contributed by atoms with Crippen LogP contribution < -0.4 is 0 Å². The van der Waals surface area contributed by atoms with Gasteiger partial charge in [-0.25, -0.2) is 4.98 Å². The SMILES string of the molecule is C=C(C)N(C)/C(=C\C)C(C)c1ccc2nc(Cl)c(-c3ccccc3)c(Cl)c2c1. The van der Waals surface area contributed by atoms with Gasteiger partial charge in [-0.3, -0.25) is 0 Å². The average Bonchev–Trinajstić information content (AvgIpc) is 2.69. The summed E-state index contributed by atoms with van der Waals surface area (Å²) in [5, 5.41) is 1.95. The Morgan fingerprint density at radius 3 is 2.43 bits per heavy atom. The standard InChI is InChI=1S/C24H24Cl2N2/c1-6-21(28(5)15(2)3)16(4)18-12-13-20-19(14-18)23(25)22(24(26)27-20)17-10-8-7-9-11-17/h6-14,16H,2H2,1,3-5H3/b21-6-. The van der Waals surface area contributed by atoms with Crippen molar-refractivity contribution in [3.8, 4) is 11.1 Å². The van der Waals surface area contributed by atoms with Crippen LogP contribution in [0.25, 0.3) is 22.0 Å². The number of rotatable bonds is 5. The molecule has 0 N–H and O–H groups in total. The number of hydrogen-bond acceptors (Lipinski definition) is 2. The summed E-state index contributed by atoms with van der Waals surface area (Å²) in [5.41, 5.74) is 5.87. The van der Waals surface area contributed by atoms with Crippen molar-refractivity contribution in [2.24, 2.45) is 0 Å². The van der Waals surface area contributed by atoms with Crippen molar-refractivity contribution in [2.45, 2.75) is 26.7 Å². The van der Waals surface area contributed by atoms with Gasteiger partial charge in [0, 0.05) is 35.3 Å². The van der Waals surface area contributed by atoms with Crippen LogP contribution in [0.15, 0.2) is 72.6 Å².